The number of nitrogens with zero attached hydrogens (tertiary/aromatic N) is 2. The number of fused-ring (bicyclic) bond motifs is 1. The zero-order chi connectivity index (χ0) is 19.5. The fourth-order valence-corrected chi connectivity index (χ4v) is 4.85. The minimum Gasteiger partial charge on any atom is -0.454 e. The maximum absolute atomic E-state index is 12.7. The van der Waals surface area contributed by atoms with Crippen molar-refractivity contribution < 1.29 is 19.1 Å². The number of likely N-dealkylation sites (tertiary alicyclic amines) is 1. The number of thiocarbonyl (C=S) groups is 1. The summed E-state index contributed by atoms with van der Waals surface area (Å²) in [7, 11) is 0. The summed E-state index contributed by atoms with van der Waals surface area (Å²) >= 11 is 6.68. The molecule has 8 heteroatoms. The van der Waals surface area contributed by atoms with Crippen LogP contribution in [0.4, 0.5) is 0 Å². The molecule has 1 aromatic carbocycles. The van der Waals surface area contributed by atoms with Crippen LogP contribution in [0.1, 0.15) is 37.7 Å². The Morgan fingerprint density at radius 3 is 2.79 bits per heavy atom. The molecule has 2 amide bonds. The maximum atomic E-state index is 12.7. The highest BCUT2D eigenvalue weighted by molar-refractivity contribution is 8.26. The van der Waals surface area contributed by atoms with Gasteiger partial charge in [0.1, 0.15) is 4.32 Å². The minimum atomic E-state index is -0.0990. The van der Waals surface area contributed by atoms with Crippen molar-refractivity contribution in [3.63, 3.8) is 0 Å². The smallest absolute Gasteiger partial charge is 0.266 e. The predicted octanol–water partition coefficient (Wildman–Crippen LogP) is 3.41. The Bertz CT molecular complexity index is 833. The summed E-state index contributed by atoms with van der Waals surface area (Å²) < 4.78 is 11.2. The second-order valence-corrected chi connectivity index (χ2v) is 8.67. The van der Waals surface area contributed by atoms with Crippen molar-refractivity contribution >= 4 is 46.2 Å². The first kappa shape index (κ1) is 19.3. The van der Waals surface area contributed by atoms with Gasteiger partial charge >= 0.3 is 0 Å². The van der Waals surface area contributed by atoms with Crippen LogP contribution in [0.2, 0.25) is 0 Å². The molecular weight excluding hydrogens is 396 g/mol. The largest absolute Gasteiger partial charge is 0.454 e. The lowest BCUT2D eigenvalue weighted by Crippen LogP contribution is -2.36. The average Bonchev–Trinajstić information content (AvgIpc) is 3.28. The van der Waals surface area contributed by atoms with Gasteiger partial charge in [0.25, 0.3) is 5.91 Å². The molecule has 2 fully saturated rings. The van der Waals surface area contributed by atoms with E-state index in [1.54, 1.807) is 4.90 Å². The van der Waals surface area contributed by atoms with Crippen molar-refractivity contribution in [3.05, 3.63) is 28.7 Å². The van der Waals surface area contributed by atoms with Gasteiger partial charge in [-0.15, -0.1) is 0 Å². The van der Waals surface area contributed by atoms with E-state index in [1.165, 1.54) is 18.2 Å². The molecule has 3 aliphatic heterocycles. The van der Waals surface area contributed by atoms with Crippen LogP contribution in [0, 0.1) is 0 Å². The van der Waals surface area contributed by atoms with Crippen molar-refractivity contribution in [1.29, 1.82) is 0 Å². The standard InChI is InChI=1S/C20H22N2O4S2/c23-18(21-8-2-1-3-9-21)5-4-10-22-19(24)17(28-20(22)27)12-14-6-7-15-16(11-14)26-13-25-15/h6-7,11-12H,1-5,8-10,13H2/b17-12+. The Balaban J connectivity index is 1.34. The van der Waals surface area contributed by atoms with Gasteiger partial charge < -0.3 is 14.4 Å². The second-order valence-electron chi connectivity index (χ2n) is 6.99. The molecule has 0 bridgehead atoms. The number of hydrogen-bond donors (Lipinski definition) is 0. The van der Waals surface area contributed by atoms with E-state index in [1.807, 2.05) is 29.2 Å². The fourth-order valence-electron chi connectivity index (χ4n) is 3.54. The molecule has 0 unspecified atom stereocenters. The summed E-state index contributed by atoms with van der Waals surface area (Å²) in [6.45, 7) is 2.41. The van der Waals surface area contributed by atoms with Crippen LogP contribution in [0.25, 0.3) is 6.08 Å². The molecule has 0 radical (unpaired) electrons. The van der Waals surface area contributed by atoms with E-state index in [2.05, 4.69) is 0 Å². The molecule has 28 heavy (non-hydrogen) atoms. The highest BCUT2D eigenvalue weighted by Crippen LogP contribution is 2.36. The monoisotopic (exact) mass is 418 g/mol. The Morgan fingerprint density at radius 1 is 1.18 bits per heavy atom. The third kappa shape index (κ3) is 4.17. The topological polar surface area (TPSA) is 59.1 Å². The second kappa shape index (κ2) is 8.53. The van der Waals surface area contributed by atoms with Crippen molar-refractivity contribution in [2.75, 3.05) is 26.4 Å². The lowest BCUT2D eigenvalue weighted by molar-refractivity contribution is -0.132. The van der Waals surface area contributed by atoms with Crippen LogP contribution >= 0.6 is 24.0 Å². The summed E-state index contributed by atoms with van der Waals surface area (Å²) in [5, 5.41) is 0. The van der Waals surface area contributed by atoms with Gasteiger partial charge in [-0.3, -0.25) is 14.5 Å². The van der Waals surface area contributed by atoms with Crippen molar-refractivity contribution in [1.82, 2.24) is 9.80 Å². The highest BCUT2D eigenvalue weighted by atomic mass is 32.2. The Morgan fingerprint density at radius 2 is 1.96 bits per heavy atom. The van der Waals surface area contributed by atoms with E-state index in [0.29, 0.717) is 40.1 Å². The Labute approximate surface area is 173 Å². The molecule has 0 spiro atoms. The molecule has 0 aromatic heterocycles. The van der Waals surface area contributed by atoms with E-state index in [9.17, 15) is 9.59 Å². The molecule has 2 saturated heterocycles. The highest BCUT2D eigenvalue weighted by Gasteiger charge is 2.32. The number of amides is 2. The van der Waals surface area contributed by atoms with Gasteiger partial charge in [0, 0.05) is 26.1 Å². The van der Waals surface area contributed by atoms with Crippen LogP contribution in [0.3, 0.4) is 0 Å². The summed E-state index contributed by atoms with van der Waals surface area (Å²) in [6, 6.07) is 5.57. The fraction of sp³-hybridized carbons (Fsp3) is 0.450. The quantitative estimate of drug-likeness (QED) is 0.540. The first-order valence-electron chi connectivity index (χ1n) is 9.54. The van der Waals surface area contributed by atoms with Crippen molar-refractivity contribution in [2.24, 2.45) is 0 Å². The van der Waals surface area contributed by atoms with Gasteiger partial charge in [-0.2, -0.15) is 0 Å². The third-order valence-corrected chi connectivity index (χ3v) is 6.43. The maximum Gasteiger partial charge on any atom is 0.266 e. The zero-order valence-corrected chi connectivity index (χ0v) is 17.2. The molecule has 1 aromatic rings. The van der Waals surface area contributed by atoms with E-state index < -0.39 is 0 Å². The van der Waals surface area contributed by atoms with Crippen LogP contribution in [-0.4, -0.2) is 52.4 Å². The SMILES string of the molecule is O=C(CCCN1C(=O)/C(=C\c2ccc3c(c2)OCO3)SC1=S)N1CCCCC1. The van der Waals surface area contributed by atoms with Gasteiger partial charge in [-0.1, -0.05) is 30.0 Å². The van der Waals surface area contributed by atoms with Gasteiger partial charge in [-0.05, 0) is 49.5 Å². The van der Waals surface area contributed by atoms with Crippen molar-refractivity contribution in [3.8, 4) is 11.5 Å². The van der Waals surface area contributed by atoms with Gasteiger partial charge in [0.05, 0.1) is 4.91 Å². The molecule has 0 aliphatic carbocycles. The van der Waals surface area contributed by atoms with Crippen molar-refractivity contribution in [2.45, 2.75) is 32.1 Å². The molecule has 6 nitrogen and oxygen atoms in total. The molecule has 0 N–H and O–H groups in total. The summed E-state index contributed by atoms with van der Waals surface area (Å²) in [6.07, 6.45) is 6.28. The molecule has 0 saturated carbocycles. The third-order valence-electron chi connectivity index (χ3n) is 5.05. The van der Waals surface area contributed by atoms with Crippen LogP contribution in [0.5, 0.6) is 11.5 Å². The number of carbonyl (C=O) groups is 2. The van der Waals surface area contributed by atoms with E-state index in [4.69, 9.17) is 21.7 Å². The lowest BCUT2D eigenvalue weighted by atomic mass is 10.1. The number of ether oxygens (including phenoxy) is 2. The van der Waals surface area contributed by atoms with Gasteiger partial charge in [0.15, 0.2) is 11.5 Å². The van der Waals surface area contributed by atoms with Gasteiger partial charge in [0.2, 0.25) is 12.7 Å². The molecule has 3 heterocycles. The number of piperidine rings is 1. The normalized spacial score (nSPS) is 20.4. The number of benzene rings is 1. The average molecular weight is 419 g/mol. The summed E-state index contributed by atoms with van der Waals surface area (Å²) in [5.41, 5.74) is 0.866. The molecule has 148 valence electrons. The first-order chi connectivity index (χ1) is 13.6. The Kier molecular flexibility index (Phi) is 5.87. The number of rotatable bonds is 5. The predicted molar refractivity (Wildman–Crippen MR) is 112 cm³/mol. The molecule has 3 aliphatic rings. The van der Waals surface area contributed by atoms with Crippen LogP contribution in [-0.2, 0) is 9.59 Å². The van der Waals surface area contributed by atoms with Crippen LogP contribution < -0.4 is 9.47 Å². The molecule has 4 rings (SSSR count). The zero-order valence-electron chi connectivity index (χ0n) is 15.5. The van der Waals surface area contributed by atoms with E-state index >= 15 is 0 Å². The minimum absolute atomic E-state index is 0.0990. The lowest BCUT2D eigenvalue weighted by Gasteiger charge is -2.27. The number of carbonyl (C=O) groups excluding carboxylic acids is 2. The molecular formula is C20H22N2O4S2. The number of hydrogen-bond acceptors (Lipinski definition) is 6. The number of thioether (sulfide) groups is 1. The van der Waals surface area contributed by atoms with Gasteiger partial charge in [-0.25, -0.2) is 0 Å². The molecule has 0 atom stereocenters. The first-order valence-corrected chi connectivity index (χ1v) is 10.8. The summed E-state index contributed by atoms with van der Waals surface area (Å²) in [5.74, 6) is 1.47. The van der Waals surface area contributed by atoms with E-state index in [-0.39, 0.29) is 18.6 Å². The Hall–Kier alpha value is -2.06. The van der Waals surface area contributed by atoms with E-state index in [0.717, 1.165) is 31.5 Å². The van der Waals surface area contributed by atoms with Crippen LogP contribution in [0.15, 0.2) is 23.1 Å². The summed E-state index contributed by atoms with van der Waals surface area (Å²) in [4.78, 5) is 29.1.